The summed E-state index contributed by atoms with van der Waals surface area (Å²) in [5, 5.41) is 0.680. The Morgan fingerprint density at radius 2 is 2.29 bits per heavy atom. The molecule has 2 rings (SSSR count). The first-order chi connectivity index (χ1) is 8.22. The van der Waals surface area contributed by atoms with E-state index in [-0.39, 0.29) is 5.56 Å². The molecule has 0 spiro atoms. The largest absolute Gasteiger partial charge is 0.299 e. The van der Waals surface area contributed by atoms with Gasteiger partial charge in [0.15, 0.2) is 0 Å². The molecule has 0 saturated carbocycles. The van der Waals surface area contributed by atoms with Crippen LogP contribution in [0.25, 0.3) is 10.9 Å². The second kappa shape index (κ2) is 5.69. The molecule has 1 aromatic carbocycles. The molecule has 0 aliphatic carbocycles. The lowest BCUT2D eigenvalue weighted by atomic mass is 10.2. The Morgan fingerprint density at radius 1 is 1.47 bits per heavy atom. The van der Waals surface area contributed by atoms with Crippen molar-refractivity contribution in [3.05, 3.63) is 39.4 Å². The number of thioether (sulfide) groups is 1. The Hall–Kier alpha value is -0.810. The van der Waals surface area contributed by atoms with Crippen LogP contribution in [0.15, 0.2) is 33.8 Å². The molecule has 0 fully saturated rings. The second-order valence-electron chi connectivity index (χ2n) is 3.75. The molecule has 1 aromatic heterocycles. The highest BCUT2D eigenvalue weighted by atomic mass is 79.9. The zero-order chi connectivity index (χ0) is 12.3. The number of benzene rings is 1. The van der Waals surface area contributed by atoms with E-state index in [1.807, 2.05) is 18.2 Å². The zero-order valence-electron chi connectivity index (χ0n) is 9.52. The van der Waals surface area contributed by atoms with Crippen LogP contribution < -0.4 is 5.56 Å². The fraction of sp³-hybridized carbons (Fsp3) is 0.333. The number of rotatable bonds is 4. The van der Waals surface area contributed by atoms with Gasteiger partial charge in [0.05, 0.1) is 17.2 Å². The fourth-order valence-corrected chi connectivity index (χ4v) is 2.44. The third-order valence-corrected chi connectivity index (χ3v) is 3.72. The summed E-state index contributed by atoms with van der Waals surface area (Å²) in [7, 11) is 0. The smallest absolute Gasteiger partial charge is 0.261 e. The lowest BCUT2D eigenvalue weighted by Crippen LogP contribution is -2.20. The maximum atomic E-state index is 12.1. The van der Waals surface area contributed by atoms with Crippen LogP contribution in [-0.2, 0) is 6.54 Å². The van der Waals surface area contributed by atoms with Gasteiger partial charge in [0.25, 0.3) is 5.56 Å². The van der Waals surface area contributed by atoms with E-state index in [0.29, 0.717) is 5.39 Å². The average molecular weight is 313 g/mol. The van der Waals surface area contributed by atoms with E-state index in [1.165, 1.54) is 0 Å². The highest BCUT2D eigenvalue weighted by Crippen LogP contribution is 2.14. The van der Waals surface area contributed by atoms with Crippen molar-refractivity contribution in [3.8, 4) is 0 Å². The number of nitrogens with zero attached hydrogens (tertiary/aromatic N) is 2. The quantitative estimate of drug-likeness (QED) is 0.814. The summed E-state index contributed by atoms with van der Waals surface area (Å²) < 4.78 is 2.63. The van der Waals surface area contributed by atoms with Gasteiger partial charge in [-0.25, -0.2) is 4.98 Å². The molecule has 0 atom stereocenters. The minimum absolute atomic E-state index is 0.0450. The van der Waals surface area contributed by atoms with E-state index in [2.05, 4.69) is 27.2 Å². The van der Waals surface area contributed by atoms with Crippen molar-refractivity contribution >= 4 is 38.6 Å². The Kier molecular flexibility index (Phi) is 4.23. The lowest BCUT2D eigenvalue weighted by Gasteiger charge is -2.05. The van der Waals surface area contributed by atoms with E-state index in [0.717, 1.165) is 28.7 Å². The molecule has 0 unspecified atom stereocenters. The molecular formula is C12H13BrN2OS. The predicted octanol–water partition coefficient (Wildman–Crippen LogP) is 2.91. The molecule has 0 radical (unpaired) electrons. The van der Waals surface area contributed by atoms with E-state index in [4.69, 9.17) is 0 Å². The Balaban J connectivity index is 2.37. The van der Waals surface area contributed by atoms with Gasteiger partial charge in [-0.05, 0) is 36.6 Å². The van der Waals surface area contributed by atoms with Crippen molar-refractivity contribution in [1.82, 2.24) is 9.55 Å². The first-order valence-electron chi connectivity index (χ1n) is 5.36. The summed E-state index contributed by atoms with van der Waals surface area (Å²) in [6.45, 7) is 0.735. The Morgan fingerprint density at radius 3 is 3.06 bits per heavy atom. The molecular weight excluding hydrogens is 300 g/mol. The fourth-order valence-electron chi connectivity index (χ4n) is 1.67. The van der Waals surface area contributed by atoms with Crippen LogP contribution in [0.3, 0.4) is 0 Å². The second-order valence-corrected chi connectivity index (χ2v) is 5.65. The first-order valence-corrected chi connectivity index (χ1v) is 7.54. The van der Waals surface area contributed by atoms with Crippen molar-refractivity contribution in [3.63, 3.8) is 0 Å². The molecule has 3 nitrogen and oxygen atoms in total. The van der Waals surface area contributed by atoms with Gasteiger partial charge < -0.3 is 0 Å². The maximum absolute atomic E-state index is 12.1. The van der Waals surface area contributed by atoms with Crippen LogP contribution in [0.4, 0.5) is 0 Å². The number of hydrogen-bond donors (Lipinski definition) is 0. The molecule has 0 saturated heterocycles. The number of hydrogen-bond acceptors (Lipinski definition) is 3. The summed E-state index contributed by atoms with van der Waals surface area (Å²) in [4.78, 5) is 16.4. The van der Waals surface area contributed by atoms with Crippen molar-refractivity contribution in [1.29, 1.82) is 0 Å². The first kappa shape index (κ1) is 12.6. The van der Waals surface area contributed by atoms with Gasteiger partial charge in [-0.2, -0.15) is 11.8 Å². The topological polar surface area (TPSA) is 34.9 Å². The summed E-state index contributed by atoms with van der Waals surface area (Å²) in [5.74, 6) is 1.06. The minimum atomic E-state index is 0.0450. The molecule has 0 aliphatic rings. The van der Waals surface area contributed by atoms with Gasteiger partial charge in [-0.15, -0.1) is 0 Å². The molecule has 0 bridgehead atoms. The molecule has 5 heteroatoms. The summed E-state index contributed by atoms with van der Waals surface area (Å²) in [6.07, 6.45) is 4.70. The third kappa shape index (κ3) is 2.90. The van der Waals surface area contributed by atoms with Gasteiger partial charge in [0.2, 0.25) is 0 Å². The predicted molar refractivity (Wildman–Crippen MR) is 76.7 cm³/mol. The van der Waals surface area contributed by atoms with Crippen LogP contribution in [0.2, 0.25) is 0 Å². The lowest BCUT2D eigenvalue weighted by molar-refractivity contribution is 0.652. The number of aromatic nitrogens is 2. The summed E-state index contributed by atoms with van der Waals surface area (Å²) in [6, 6.07) is 5.56. The van der Waals surface area contributed by atoms with Gasteiger partial charge >= 0.3 is 0 Å². The Labute approximate surface area is 112 Å². The van der Waals surface area contributed by atoms with Crippen molar-refractivity contribution < 1.29 is 0 Å². The summed E-state index contributed by atoms with van der Waals surface area (Å²) in [5.41, 5.74) is 0.786. The Bertz CT molecular complexity index is 582. The minimum Gasteiger partial charge on any atom is -0.299 e. The molecule has 0 N–H and O–H groups in total. The normalized spacial score (nSPS) is 10.9. The standard InChI is InChI=1S/C12H13BrN2OS/c1-17-6-2-5-15-8-14-11-7-9(13)3-4-10(11)12(15)16/h3-4,7-8H,2,5-6H2,1H3. The van der Waals surface area contributed by atoms with Gasteiger partial charge in [0.1, 0.15) is 0 Å². The summed E-state index contributed by atoms with van der Waals surface area (Å²) >= 11 is 5.17. The number of aryl methyl sites for hydroxylation is 1. The molecule has 90 valence electrons. The van der Waals surface area contributed by atoms with Gasteiger partial charge in [-0.3, -0.25) is 9.36 Å². The maximum Gasteiger partial charge on any atom is 0.261 e. The van der Waals surface area contributed by atoms with Gasteiger partial charge in [0, 0.05) is 11.0 Å². The van der Waals surface area contributed by atoms with Crippen molar-refractivity contribution in [2.45, 2.75) is 13.0 Å². The molecule has 0 amide bonds. The average Bonchev–Trinajstić information content (AvgIpc) is 2.32. The third-order valence-electron chi connectivity index (χ3n) is 2.53. The van der Waals surface area contributed by atoms with Crippen LogP contribution >= 0.6 is 27.7 Å². The van der Waals surface area contributed by atoms with E-state index in [9.17, 15) is 4.79 Å². The van der Waals surface area contributed by atoms with Crippen LogP contribution in [0, 0.1) is 0 Å². The SMILES string of the molecule is CSCCCn1cnc2cc(Br)ccc2c1=O. The highest BCUT2D eigenvalue weighted by Gasteiger charge is 2.03. The van der Waals surface area contributed by atoms with E-state index in [1.54, 1.807) is 22.7 Å². The van der Waals surface area contributed by atoms with E-state index < -0.39 is 0 Å². The highest BCUT2D eigenvalue weighted by molar-refractivity contribution is 9.10. The van der Waals surface area contributed by atoms with Crippen LogP contribution in [0.5, 0.6) is 0 Å². The molecule has 1 heterocycles. The number of halogens is 1. The van der Waals surface area contributed by atoms with Crippen molar-refractivity contribution in [2.75, 3.05) is 12.0 Å². The molecule has 17 heavy (non-hydrogen) atoms. The number of fused-ring (bicyclic) bond motifs is 1. The molecule has 2 aromatic rings. The van der Waals surface area contributed by atoms with Crippen LogP contribution in [-0.4, -0.2) is 21.6 Å². The monoisotopic (exact) mass is 312 g/mol. The zero-order valence-corrected chi connectivity index (χ0v) is 11.9. The van der Waals surface area contributed by atoms with Crippen LogP contribution in [0.1, 0.15) is 6.42 Å². The van der Waals surface area contributed by atoms with Gasteiger partial charge in [-0.1, -0.05) is 15.9 Å². The van der Waals surface area contributed by atoms with E-state index >= 15 is 0 Å². The van der Waals surface area contributed by atoms with Crippen molar-refractivity contribution in [2.24, 2.45) is 0 Å². The molecule has 0 aliphatic heterocycles.